The normalized spacial score (nSPS) is 14.7. The molecular weight excluding hydrogens is 743 g/mol. The number of phosphoric acid groups is 1. The lowest BCUT2D eigenvalue weighted by Crippen LogP contribution is -2.28. The van der Waals surface area contributed by atoms with Crippen LogP contribution in [0, 0.1) is 0 Å². The van der Waals surface area contributed by atoms with Crippen LogP contribution in [0.3, 0.4) is 0 Å². The average Bonchev–Trinajstić information content (AvgIpc) is 3.20. The van der Waals surface area contributed by atoms with Crippen LogP contribution >= 0.6 is 7.82 Å². The fourth-order valence-corrected chi connectivity index (χ4v) is 6.07. The Morgan fingerprint density at radius 1 is 0.491 bits per heavy atom. The number of carbonyl (C=O) groups excluding carboxylic acids is 2. The van der Waals surface area contributed by atoms with Crippen molar-refractivity contribution in [3.63, 3.8) is 0 Å². The average molecular weight is 821 g/mol. The first-order chi connectivity index (χ1) is 27.8. The van der Waals surface area contributed by atoms with Gasteiger partial charge >= 0.3 is 19.8 Å². The highest BCUT2D eigenvalue weighted by atomic mass is 31.2. The van der Waals surface area contributed by atoms with E-state index in [9.17, 15) is 29.3 Å². The van der Waals surface area contributed by atoms with Gasteiger partial charge in [0.25, 0.3) is 0 Å². The van der Waals surface area contributed by atoms with Gasteiger partial charge in [0.2, 0.25) is 0 Å². The summed E-state index contributed by atoms with van der Waals surface area (Å²) in [6.07, 6.45) is 48.4. The number of aliphatic hydroxyl groups is 2. The molecule has 0 fully saturated rings. The van der Waals surface area contributed by atoms with Gasteiger partial charge in [0.1, 0.15) is 12.2 Å². The van der Waals surface area contributed by atoms with E-state index in [0.29, 0.717) is 12.8 Å². The summed E-state index contributed by atoms with van der Waals surface area (Å²) in [6, 6.07) is 0. The Morgan fingerprint density at radius 2 is 0.825 bits per heavy atom. The van der Waals surface area contributed by atoms with Crippen molar-refractivity contribution < 1.29 is 47.8 Å². The van der Waals surface area contributed by atoms with Crippen LogP contribution in [-0.2, 0) is 32.7 Å². The summed E-state index contributed by atoms with van der Waals surface area (Å²) in [5.41, 5.74) is 0. The smallest absolute Gasteiger partial charge is 0.457 e. The van der Waals surface area contributed by atoms with Gasteiger partial charge in [-0.2, -0.15) is 0 Å². The second-order valence-corrected chi connectivity index (χ2v) is 15.4. The first-order valence-corrected chi connectivity index (χ1v) is 23.0. The number of allylic oxidation sites excluding steroid dienone is 14. The summed E-state index contributed by atoms with van der Waals surface area (Å²) in [4.78, 5) is 34.5. The van der Waals surface area contributed by atoms with E-state index < -0.39 is 58.4 Å². The minimum atomic E-state index is -4.66. The van der Waals surface area contributed by atoms with Gasteiger partial charge in [0.05, 0.1) is 26.4 Å². The monoisotopic (exact) mass is 821 g/mol. The van der Waals surface area contributed by atoms with Crippen LogP contribution in [0.4, 0.5) is 0 Å². The van der Waals surface area contributed by atoms with Gasteiger partial charge in [-0.25, -0.2) is 4.57 Å². The Balaban J connectivity index is 4.03. The standard InChI is InChI=1S/C46H77O10P/c1-3-5-7-9-11-13-15-17-19-20-21-22-24-26-28-30-32-34-36-38-46(50)56-44(40-48)42-54-57(51,52)53-41-43(39-47)55-45(49)37-35-33-31-29-27-25-23-18-16-14-12-10-8-6-4-2/h5,7,11-14,17-19,21-23,26,28,43-44,47-48H,3-4,6,8-10,15-16,20,24-25,27,29-42H2,1-2H3,(H,51,52)/b7-5-,13-11-,14-12-,19-17-,22-21-,23-18-,28-26-. The zero-order chi connectivity index (χ0) is 41.9. The molecule has 10 nitrogen and oxygen atoms in total. The Bertz CT molecular complexity index is 1220. The summed E-state index contributed by atoms with van der Waals surface area (Å²) >= 11 is 0. The van der Waals surface area contributed by atoms with Gasteiger partial charge in [0.15, 0.2) is 0 Å². The van der Waals surface area contributed by atoms with Crippen LogP contribution in [0.15, 0.2) is 85.1 Å². The molecule has 0 saturated carbocycles. The number of unbranched alkanes of at least 4 members (excludes halogenated alkanes) is 11. The van der Waals surface area contributed by atoms with Crippen molar-refractivity contribution in [1.29, 1.82) is 0 Å². The molecule has 57 heavy (non-hydrogen) atoms. The number of hydrogen-bond acceptors (Lipinski definition) is 9. The van der Waals surface area contributed by atoms with E-state index in [-0.39, 0.29) is 12.8 Å². The van der Waals surface area contributed by atoms with Crippen molar-refractivity contribution in [3.8, 4) is 0 Å². The maximum absolute atomic E-state index is 12.4. The van der Waals surface area contributed by atoms with Crippen molar-refractivity contribution in [3.05, 3.63) is 85.1 Å². The van der Waals surface area contributed by atoms with Gasteiger partial charge in [-0.05, 0) is 89.9 Å². The Hall–Kier alpha value is -2.85. The molecule has 0 aromatic carbocycles. The van der Waals surface area contributed by atoms with Crippen LogP contribution in [0.2, 0.25) is 0 Å². The zero-order valence-electron chi connectivity index (χ0n) is 35.3. The molecule has 0 aliphatic rings. The fourth-order valence-electron chi connectivity index (χ4n) is 5.29. The molecule has 0 spiro atoms. The van der Waals surface area contributed by atoms with Gasteiger partial charge in [-0.1, -0.05) is 137 Å². The van der Waals surface area contributed by atoms with E-state index in [4.69, 9.17) is 18.5 Å². The molecule has 0 saturated heterocycles. The quantitative estimate of drug-likeness (QED) is 0.0237. The van der Waals surface area contributed by atoms with Crippen LogP contribution in [0.5, 0.6) is 0 Å². The first kappa shape index (κ1) is 54.2. The minimum absolute atomic E-state index is 0.147. The number of carbonyl (C=O) groups is 2. The predicted octanol–water partition coefficient (Wildman–Crippen LogP) is 11.4. The fraction of sp³-hybridized carbons (Fsp3) is 0.652. The maximum Gasteiger partial charge on any atom is 0.472 e. The van der Waals surface area contributed by atoms with Gasteiger partial charge in [-0.15, -0.1) is 0 Å². The van der Waals surface area contributed by atoms with E-state index >= 15 is 0 Å². The highest BCUT2D eigenvalue weighted by molar-refractivity contribution is 7.47. The number of ether oxygens (including phenoxy) is 2. The molecule has 0 heterocycles. The Labute approximate surface area is 345 Å². The Morgan fingerprint density at radius 3 is 1.21 bits per heavy atom. The molecule has 0 aromatic heterocycles. The van der Waals surface area contributed by atoms with Gasteiger partial charge in [0, 0.05) is 12.8 Å². The van der Waals surface area contributed by atoms with Crippen LogP contribution in [0.1, 0.15) is 155 Å². The first-order valence-electron chi connectivity index (χ1n) is 21.5. The molecular formula is C46H77O10P. The topological polar surface area (TPSA) is 149 Å². The van der Waals surface area contributed by atoms with E-state index in [1.807, 2.05) is 0 Å². The molecule has 0 aliphatic carbocycles. The van der Waals surface area contributed by atoms with E-state index in [2.05, 4.69) is 98.9 Å². The third-order valence-corrected chi connectivity index (χ3v) is 9.54. The summed E-state index contributed by atoms with van der Waals surface area (Å²) in [6.45, 7) is 1.99. The van der Waals surface area contributed by atoms with Crippen molar-refractivity contribution in [1.82, 2.24) is 0 Å². The van der Waals surface area contributed by atoms with E-state index in [0.717, 1.165) is 96.3 Å². The molecule has 0 radical (unpaired) electrons. The molecule has 0 aliphatic heterocycles. The number of aliphatic hydroxyl groups excluding tert-OH is 2. The summed E-state index contributed by atoms with van der Waals surface area (Å²) in [5.74, 6) is -1.07. The van der Waals surface area contributed by atoms with Crippen LogP contribution < -0.4 is 0 Å². The molecule has 3 N–H and O–H groups in total. The highest BCUT2D eigenvalue weighted by Gasteiger charge is 2.27. The van der Waals surface area contributed by atoms with Crippen LogP contribution in [-0.4, -0.2) is 65.7 Å². The highest BCUT2D eigenvalue weighted by Crippen LogP contribution is 2.43. The van der Waals surface area contributed by atoms with Gasteiger partial charge in [-0.3, -0.25) is 18.6 Å². The maximum atomic E-state index is 12.4. The molecule has 0 aromatic rings. The number of rotatable bonds is 39. The van der Waals surface area contributed by atoms with Gasteiger partial charge < -0.3 is 24.6 Å². The Kier molecular flexibility index (Phi) is 39.2. The third kappa shape index (κ3) is 39.7. The largest absolute Gasteiger partial charge is 0.472 e. The molecule has 0 bridgehead atoms. The van der Waals surface area contributed by atoms with Crippen molar-refractivity contribution >= 4 is 19.8 Å². The number of phosphoric ester groups is 1. The molecule has 11 heteroatoms. The van der Waals surface area contributed by atoms with Crippen molar-refractivity contribution in [2.24, 2.45) is 0 Å². The molecule has 0 amide bonds. The minimum Gasteiger partial charge on any atom is -0.457 e. The summed E-state index contributed by atoms with van der Waals surface area (Å²) in [7, 11) is -4.66. The molecule has 326 valence electrons. The lowest BCUT2D eigenvalue weighted by atomic mass is 10.1. The molecule has 3 atom stereocenters. The summed E-state index contributed by atoms with van der Waals surface area (Å²) in [5, 5.41) is 19.2. The third-order valence-electron chi connectivity index (χ3n) is 8.59. The number of hydrogen-bond donors (Lipinski definition) is 3. The number of esters is 2. The predicted molar refractivity (Wildman–Crippen MR) is 233 cm³/mol. The lowest BCUT2D eigenvalue weighted by Gasteiger charge is -2.20. The lowest BCUT2D eigenvalue weighted by molar-refractivity contribution is -0.153. The second kappa shape index (κ2) is 41.3. The molecule has 0 rings (SSSR count). The second-order valence-electron chi connectivity index (χ2n) is 13.9. The summed E-state index contributed by atoms with van der Waals surface area (Å²) < 4.78 is 32.5. The SMILES string of the molecule is CC/C=C\C/C=C\C/C=C\C/C=C\C/C=C\CCCCCC(=O)OC(CO)COP(=O)(O)OCC(CO)OC(=O)CCCCCCC/C=C\C/C=C\CCCCC. The van der Waals surface area contributed by atoms with E-state index in [1.165, 1.54) is 19.3 Å². The van der Waals surface area contributed by atoms with Crippen molar-refractivity contribution in [2.75, 3.05) is 26.4 Å². The zero-order valence-corrected chi connectivity index (χ0v) is 36.2. The molecule has 3 unspecified atom stereocenters. The van der Waals surface area contributed by atoms with Crippen LogP contribution in [0.25, 0.3) is 0 Å². The van der Waals surface area contributed by atoms with Crippen molar-refractivity contribution in [2.45, 2.75) is 167 Å². The van der Waals surface area contributed by atoms with E-state index in [1.54, 1.807) is 0 Å².